The Labute approximate surface area is 106 Å². The van der Waals surface area contributed by atoms with Crippen LogP contribution in [-0.4, -0.2) is 16.2 Å². The first-order valence-corrected chi connectivity index (χ1v) is 5.33. The number of amides is 1. The van der Waals surface area contributed by atoms with E-state index in [1.165, 1.54) is 11.7 Å². The first kappa shape index (κ1) is 13.1. The Morgan fingerprint density at radius 1 is 1.26 bits per heavy atom. The second-order valence-electron chi connectivity index (χ2n) is 3.88. The van der Waals surface area contributed by atoms with E-state index in [0.717, 1.165) is 6.07 Å². The highest BCUT2D eigenvalue weighted by Crippen LogP contribution is 2.31. The normalized spacial score (nSPS) is 11.4. The van der Waals surface area contributed by atoms with Crippen molar-refractivity contribution in [2.45, 2.75) is 6.18 Å². The van der Waals surface area contributed by atoms with E-state index in [4.69, 9.17) is 0 Å². The van der Waals surface area contributed by atoms with E-state index in [1.807, 2.05) is 0 Å². The molecule has 1 heterocycles. The number of anilines is 1. The van der Waals surface area contributed by atoms with Gasteiger partial charge >= 0.3 is 6.18 Å². The van der Waals surface area contributed by atoms with Crippen LogP contribution in [0.2, 0.25) is 0 Å². The maximum absolute atomic E-state index is 12.5. The molecule has 1 aromatic heterocycles. The van der Waals surface area contributed by atoms with Crippen molar-refractivity contribution in [3.8, 4) is 11.3 Å². The molecule has 100 valence electrons. The van der Waals surface area contributed by atoms with Crippen LogP contribution in [0, 0.1) is 0 Å². The number of hydrogen-bond donors (Lipinski definition) is 1. The topological polar surface area (TPSA) is 46.9 Å². The van der Waals surface area contributed by atoms with E-state index in [1.54, 1.807) is 24.3 Å². The van der Waals surface area contributed by atoms with Crippen LogP contribution in [0.4, 0.5) is 18.9 Å². The number of benzene rings is 1. The first-order chi connectivity index (χ1) is 8.91. The molecular weight excluding hydrogens is 259 g/mol. The van der Waals surface area contributed by atoms with E-state index in [2.05, 4.69) is 10.4 Å². The third kappa shape index (κ3) is 2.75. The molecule has 0 radical (unpaired) electrons. The van der Waals surface area contributed by atoms with Gasteiger partial charge in [-0.25, -0.2) is 0 Å². The third-order valence-electron chi connectivity index (χ3n) is 2.58. The summed E-state index contributed by atoms with van der Waals surface area (Å²) in [4.78, 5) is 10.2. The van der Waals surface area contributed by atoms with Gasteiger partial charge in [-0.1, -0.05) is 12.1 Å². The standard InChI is InChI=1S/C12H10F3N3O/c1-18-10(6-11(17-18)12(13,14)15)8-2-4-9(5-3-8)16-7-19/h2-7H,1H3,(H,16,19). The van der Waals surface area contributed by atoms with E-state index < -0.39 is 11.9 Å². The SMILES string of the molecule is Cn1nc(C(F)(F)F)cc1-c1ccc(NC=O)cc1. The van der Waals surface area contributed by atoms with Crippen LogP contribution in [0.25, 0.3) is 11.3 Å². The van der Waals surface area contributed by atoms with Gasteiger partial charge in [0, 0.05) is 12.7 Å². The van der Waals surface area contributed by atoms with E-state index in [0.29, 0.717) is 23.4 Å². The minimum Gasteiger partial charge on any atom is -0.329 e. The Kier molecular flexibility index (Phi) is 3.28. The minimum absolute atomic E-state index is 0.352. The summed E-state index contributed by atoms with van der Waals surface area (Å²) in [5.41, 5.74) is 0.573. The largest absolute Gasteiger partial charge is 0.435 e. The number of alkyl halides is 3. The minimum atomic E-state index is -4.46. The molecule has 0 fully saturated rings. The molecule has 2 aromatic rings. The summed E-state index contributed by atoms with van der Waals surface area (Å²) in [5, 5.41) is 5.88. The molecule has 0 unspecified atom stereocenters. The molecule has 0 aliphatic carbocycles. The van der Waals surface area contributed by atoms with Crippen molar-refractivity contribution < 1.29 is 18.0 Å². The average molecular weight is 269 g/mol. The maximum atomic E-state index is 12.5. The summed E-state index contributed by atoms with van der Waals surface area (Å²) >= 11 is 0. The lowest BCUT2D eigenvalue weighted by atomic mass is 10.1. The zero-order valence-corrected chi connectivity index (χ0v) is 9.90. The van der Waals surface area contributed by atoms with E-state index in [-0.39, 0.29) is 0 Å². The van der Waals surface area contributed by atoms with Crippen molar-refractivity contribution in [3.05, 3.63) is 36.0 Å². The van der Waals surface area contributed by atoms with Crippen molar-refractivity contribution in [1.82, 2.24) is 9.78 Å². The van der Waals surface area contributed by atoms with Gasteiger partial charge in [-0.15, -0.1) is 0 Å². The molecule has 19 heavy (non-hydrogen) atoms. The molecule has 0 atom stereocenters. The smallest absolute Gasteiger partial charge is 0.329 e. The predicted molar refractivity (Wildman–Crippen MR) is 63.3 cm³/mol. The number of hydrogen-bond acceptors (Lipinski definition) is 2. The third-order valence-corrected chi connectivity index (χ3v) is 2.58. The average Bonchev–Trinajstić information content (AvgIpc) is 2.73. The number of nitrogens with zero attached hydrogens (tertiary/aromatic N) is 2. The Morgan fingerprint density at radius 2 is 1.89 bits per heavy atom. The van der Waals surface area contributed by atoms with E-state index in [9.17, 15) is 18.0 Å². The van der Waals surface area contributed by atoms with Crippen LogP contribution >= 0.6 is 0 Å². The maximum Gasteiger partial charge on any atom is 0.435 e. The quantitative estimate of drug-likeness (QED) is 0.871. The van der Waals surface area contributed by atoms with Gasteiger partial charge in [0.1, 0.15) is 0 Å². The summed E-state index contributed by atoms with van der Waals surface area (Å²) in [7, 11) is 1.45. The molecule has 1 amide bonds. The number of aryl methyl sites for hydroxylation is 1. The molecule has 7 heteroatoms. The molecule has 0 saturated heterocycles. The Bertz CT molecular complexity index is 587. The monoisotopic (exact) mass is 269 g/mol. The molecule has 0 bridgehead atoms. The molecule has 1 aromatic carbocycles. The molecule has 0 aliphatic rings. The molecular formula is C12H10F3N3O. The summed E-state index contributed by atoms with van der Waals surface area (Å²) in [6, 6.07) is 7.42. The van der Waals surface area contributed by atoms with Crippen LogP contribution in [0.1, 0.15) is 5.69 Å². The predicted octanol–water partition coefficient (Wildman–Crippen LogP) is 2.67. The van der Waals surface area contributed by atoms with Crippen molar-refractivity contribution in [3.63, 3.8) is 0 Å². The van der Waals surface area contributed by atoms with Crippen LogP contribution in [0.15, 0.2) is 30.3 Å². The number of halogens is 3. The van der Waals surface area contributed by atoms with Crippen LogP contribution in [0.3, 0.4) is 0 Å². The molecule has 0 saturated carbocycles. The summed E-state index contributed by atoms with van der Waals surface area (Å²) in [6.45, 7) is 0. The van der Waals surface area contributed by atoms with Gasteiger partial charge in [0.25, 0.3) is 0 Å². The molecule has 0 spiro atoms. The molecule has 0 aliphatic heterocycles. The highest BCUT2D eigenvalue weighted by atomic mass is 19.4. The zero-order valence-electron chi connectivity index (χ0n) is 9.90. The second-order valence-corrected chi connectivity index (χ2v) is 3.88. The van der Waals surface area contributed by atoms with Crippen molar-refractivity contribution in [2.75, 3.05) is 5.32 Å². The van der Waals surface area contributed by atoms with Gasteiger partial charge in [-0.3, -0.25) is 9.48 Å². The summed E-state index contributed by atoms with van der Waals surface area (Å²) in [5.74, 6) is 0. The summed E-state index contributed by atoms with van der Waals surface area (Å²) in [6.07, 6.45) is -3.93. The Balaban J connectivity index is 2.36. The van der Waals surface area contributed by atoms with Crippen LogP contribution < -0.4 is 5.32 Å². The molecule has 4 nitrogen and oxygen atoms in total. The lowest BCUT2D eigenvalue weighted by molar-refractivity contribution is -0.141. The lowest BCUT2D eigenvalue weighted by Gasteiger charge is -2.03. The van der Waals surface area contributed by atoms with Crippen molar-refractivity contribution in [1.29, 1.82) is 0 Å². The van der Waals surface area contributed by atoms with Crippen molar-refractivity contribution >= 4 is 12.1 Å². The Morgan fingerprint density at radius 3 is 2.37 bits per heavy atom. The van der Waals surface area contributed by atoms with Crippen LogP contribution in [-0.2, 0) is 18.0 Å². The van der Waals surface area contributed by atoms with Gasteiger partial charge in [-0.05, 0) is 23.8 Å². The Hall–Kier alpha value is -2.31. The number of aromatic nitrogens is 2. The first-order valence-electron chi connectivity index (χ1n) is 5.33. The highest BCUT2D eigenvalue weighted by molar-refractivity contribution is 5.73. The van der Waals surface area contributed by atoms with Crippen LogP contribution in [0.5, 0.6) is 0 Å². The molecule has 2 rings (SSSR count). The number of carbonyl (C=O) groups excluding carboxylic acids is 1. The highest BCUT2D eigenvalue weighted by Gasteiger charge is 2.34. The number of carbonyl (C=O) groups is 1. The second kappa shape index (κ2) is 4.75. The van der Waals surface area contributed by atoms with Gasteiger partial charge < -0.3 is 5.32 Å². The number of rotatable bonds is 3. The van der Waals surface area contributed by atoms with Gasteiger partial charge in [-0.2, -0.15) is 18.3 Å². The lowest BCUT2D eigenvalue weighted by Crippen LogP contribution is -2.06. The van der Waals surface area contributed by atoms with E-state index >= 15 is 0 Å². The summed E-state index contributed by atoms with van der Waals surface area (Å²) < 4.78 is 38.8. The fourth-order valence-corrected chi connectivity index (χ4v) is 1.68. The number of nitrogens with one attached hydrogen (secondary N) is 1. The fourth-order valence-electron chi connectivity index (χ4n) is 1.68. The van der Waals surface area contributed by atoms with Gasteiger partial charge in [0.15, 0.2) is 5.69 Å². The van der Waals surface area contributed by atoms with Crippen molar-refractivity contribution in [2.24, 2.45) is 7.05 Å². The molecule has 1 N–H and O–H groups in total. The van der Waals surface area contributed by atoms with Gasteiger partial charge in [0.05, 0.1) is 5.69 Å². The van der Waals surface area contributed by atoms with Gasteiger partial charge in [0.2, 0.25) is 6.41 Å². The zero-order chi connectivity index (χ0) is 14.0. The fraction of sp³-hybridized carbons (Fsp3) is 0.167.